The van der Waals surface area contributed by atoms with Crippen molar-refractivity contribution >= 4 is 74.9 Å². The Balaban J connectivity index is 0.925. The van der Waals surface area contributed by atoms with E-state index >= 15 is 0 Å². The molecule has 7 aromatic carbocycles. The molecule has 578 valence electrons. The van der Waals surface area contributed by atoms with E-state index < -0.39 is 5.97 Å². The van der Waals surface area contributed by atoms with Crippen molar-refractivity contribution in [2.24, 2.45) is 0 Å². The summed E-state index contributed by atoms with van der Waals surface area (Å²) in [6.07, 6.45) is 8.76. The lowest BCUT2D eigenvalue weighted by atomic mass is 9.78. The van der Waals surface area contributed by atoms with Crippen molar-refractivity contribution in [3.8, 4) is 80.6 Å². The van der Waals surface area contributed by atoms with Crippen molar-refractivity contribution in [1.82, 2.24) is 19.9 Å². The second-order valence-electron chi connectivity index (χ2n) is 36.5. The summed E-state index contributed by atoms with van der Waals surface area (Å²) >= 11 is 0. The number of rotatable bonds is 14. The third-order valence-corrected chi connectivity index (χ3v) is 21.6. The van der Waals surface area contributed by atoms with Gasteiger partial charge < -0.3 is 24.5 Å². The fourth-order valence-electron chi connectivity index (χ4n) is 14.6. The zero-order chi connectivity index (χ0) is 83.0. The highest BCUT2D eigenvalue weighted by atomic mass is 16.5. The number of nitrogens with one attached hydrogen (secondary N) is 2. The van der Waals surface area contributed by atoms with Gasteiger partial charge in [-0.15, -0.1) is 0 Å². The zero-order valence-electron chi connectivity index (χ0n) is 70.6. The number of ether oxygens (including phenoxy) is 1. The Labute approximate surface area is 680 Å². The molecule has 0 amide bonds. The monoisotopic (exact) mass is 1510 g/mol. The predicted molar refractivity (Wildman–Crippen MR) is 477 cm³/mol. The molecule has 12 nitrogen and oxygen atoms in total. The van der Waals surface area contributed by atoms with Crippen LogP contribution in [0.5, 0.6) is 0 Å². The molecule has 8 bridgehead atoms. The van der Waals surface area contributed by atoms with Gasteiger partial charge in [0.25, 0.3) is 0 Å². The molecule has 3 aromatic heterocycles. The van der Waals surface area contributed by atoms with E-state index in [2.05, 4.69) is 274 Å². The number of hydrogen-bond acceptors (Lipinski definition) is 10. The molecule has 12 rings (SSSR count). The Morgan fingerprint density at radius 2 is 0.661 bits per heavy atom. The number of nitriles is 4. The smallest absolute Gasteiger partial charge is 0.338 e. The summed E-state index contributed by atoms with van der Waals surface area (Å²) in [7, 11) is 3.80. The van der Waals surface area contributed by atoms with Gasteiger partial charge in [0.05, 0.1) is 34.9 Å². The van der Waals surface area contributed by atoms with Crippen LogP contribution in [-0.4, -0.2) is 59.7 Å². The average Bonchev–Trinajstić information content (AvgIpc) is 1.62. The number of H-pyrrole nitrogens is 2. The minimum atomic E-state index is -0.477. The second-order valence-corrected chi connectivity index (χ2v) is 36.5. The number of aromatic amines is 2. The van der Waals surface area contributed by atoms with Gasteiger partial charge in [-0.1, -0.05) is 227 Å². The maximum atomic E-state index is 13.6. The Morgan fingerprint density at radius 1 is 0.374 bits per heavy atom. The molecule has 0 radical (unpaired) electrons. The van der Waals surface area contributed by atoms with E-state index in [0.717, 1.165) is 112 Å². The van der Waals surface area contributed by atoms with Gasteiger partial charge in [0.1, 0.15) is 42.0 Å². The number of allylic oxidation sites excluding steroid dienone is 4. The Kier molecular flexibility index (Phi) is 22.7. The van der Waals surface area contributed by atoms with Crippen molar-refractivity contribution in [2.45, 2.75) is 164 Å². The number of carbonyl (C=O) groups is 1. The summed E-state index contributed by atoms with van der Waals surface area (Å²) in [5, 5.41) is 40.6. The standard InChI is InChI=1S/C103H104N10O2/c1-22-113(82-39-35-67(36-40-82)92(74(62-106)63-107)91(73(60-104)61-105)66-33-37-81(38-34-66)112(20)21)49-50-115-97(114)69-31-27-65(28-32-69)24-23-64-25-29-68(30-26-64)93-83-41-43-85(108-83)94(70-51-75(98(2,3)4)57-76(52-70)99(5,6)7)87-45-47-89(110-87)96(72-55-79(102(14,15)16)59-80(56-72)103(17,18)19)90-48-46-88(111-90)95(86-44-42-84(93)109-86)71-53-77(100(8,9)10)58-78(54-71)101(11,12)13/h25-48,51-59,108,111H,22,49-50H2,1-21H3. The molecule has 0 aliphatic carbocycles. The van der Waals surface area contributed by atoms with Gasteiger partial charge in [0.15, 0.2) is 0 Å². The molecule has 2 aliphatic rings. The van der Waals surface area contributed by atoms with E-state index in [1.165, 1.54) is 33.4 Å². The third kappa shape index (κ3) is 17.9. The fraction of sp³-hybridized carbons (Fsp3) is 0.291. The maximum absolute atomic E-state index is 13.6. The van der Waals surface area contributed by atoms with Crippen LogP contribution in [0.3, 0.4) is 0 Å². The van der Waals surface area contributed by atoms with Gasteiger partial charge in [-0.2, -0.15) is 21.0 Å². The van der Waals surface area contributed by atoms with Crippen LogP contribution >= 0.6 is 0 Å². The maximum Gasteiger partial charge on any atom is 0.338 e. The molecule has 2 N–H and O–H groups in total. The normalized spacial score (nSPS) is 12.2. The first-order valence-electron chi connectivity index (χ1n) is 39.5. The molecule has 0 unspecified atom stereocenters. The van der Waals surface area contributed by atoms with Crippen molar-refractivity contribution in [1.29, 1.82) is 21.0 Å². The van der Waals surface area contributed by atoms with Gasteiger partial charge in [0.2, 0.25) is 0 Å². The Morgan fingerprint density at radius 3 is 0.948 bits per heavy atom. The summed E-state index contributed by atoms with van der Waals surface area (Å²) < 4.78 is 5.85. The highest BCUT2D eigenvalue weighted by Gasteiger charge is 2.30. The molecular weight excluding hydrogens is 1410 g/mol. The second kappa shape index (κ2) is 32.0. The average molecular weight is 1510 g/mol. The first-order valence-corrected chi connectivity index (χ1v) is 39.5. The third-order valence-electron chi connectivity index (χ3n) is 21.6. The first-order chi connectivity index (χ1) is 54.3. The van der Waals surface area contributed by atoms with Gasteiger partial charge in [-0.25, -0.2) is 14.8 Å². The van der Waals surface area contributed by atoms with E-state index in [1.54, 1.807) is 36.4 Å². The molecular formula is C103H104N10O2. The lowest BCUT2D eigenvalue weighted by Gasteiger charge is -2.26. The summed E-state index contributed by atoms with van der Waals surface area (Å²) in [6.45, 7) is 44.3. The Bertz CT molecular complexity index is 5840. The van der Waals surface area contributed by atoms with Crippen LogP contribution in [0.25, 0.3) is 102 Å². The predicted octanol–water partition coefficient (Wildman–Crippen LogP) is 24.6. The molecule has 0 atom stereocenters. The number of benzene rings is 7. The lowest BCUT2D eigenvalue weighted by molar-refractivity contribution is 0.0515. The molecule has 115 heavy (non-hydrogen) atoms. The topological polar surface area (TPSA) is 185 Å². The number of likely N-dealkylation sites (N-methyl/N-ethyl adjacent to an activating group) is 1. The van der Waals surface area contributed by atoms with Gasteiger partial charge in [-0.05, 0) is 215 Å². The summed E-state index contributed by atoms with van der Waals surface area (Å²) in [6, 6.07) is 68.1. The molecule has 0 saturated carbocycles. The number of carbonyl (C=O) groups excluding carboxylic acids is 1. The molecule has 0 saturated heterocycles. The first kappa shape index (κ1) is 81.7. The van der Waals surface area contributed by atoms with Gasteiger partial charge in [-0.3, -0.25) is 0 Å². The quantitative estimate of drug-likeness (QED) is 0.0459. The van der Waals surface area contributed by atoms with E-state index in [0.29, 0.717) is 29.8 Å². The van der Waals surface area contributed by atoms with Crippen molar-refractivity contribution in [3.63, 3.8) is 0 Å². The molecule has 12 heteroatoms. The van der Waals surface area contributed by atoms with E-state index in [-0.39, 0.29) is 61.4 Å². The number of fused-ring (bicyclic) bond motifs is 8. The Hall–Kier alpha value is -12.8. The number of hydrogen-bond donors (Lipinski definition) is 2. The van der Waals surface area contributed by atoms with Crippen LogP contribution < -0.4 is 9.80 Å². The van der Waals surface area contributed by atoms with Gasteiger partial charge in [0, 0.05) is 98.6 Å². The van der Waals surface area contributed by atoms with Crippen LogP contribution in [-0.2, 0) is 37.2 Å². The number of aromatic nitrogens is 4. The summed E-state index contributed by atoms with van der Waals surface area (Å²) in [5.74, 6) is 6.26. The number of anilines is 2. The van der Waals surface area contributed by atoms with Crippen LogP contribution in [0.1, 0.15) is 220 Å². The molecule has 2 aliphatic heterocycles. The van der Waals surface area contributed by atoms with Crippen LogP contribution in [0.4, 0.5) is 11.4 Å². The van der Waals surface area contributed by atoms with E-state index in [1.807, 2.05) is 91.5 Å². The van der Waals surface area contributed by atoms with Crippen molar-refractivity contribution < 1.29 is 9.53 Å². The molecule has 0 fully saturated rings. The fourth-order valence-corrected chi connectivity index (χ4v) is 14.6. The minimum Gasteiger partial charge on any atom is -0.460 e. The van der Waals surface area contributed by atoms with Gasteiger partial charge >= 0.3 is 5.97 Å². The minimum absolute atomic E-state index is 0.0863. The van der Waals surface area contributed by atoms with Crippen LogP contribution in [0, 0.1) is 57.2 Å². The molecule has 10 aromatic rings. The van der Waals surface area contributed by atoms with E-state index in [4.69, 9.17) is 14.7 Å². The van der Waals surface area contributed by atoms with Crippen molar-refractivity contribution in [3.05, 3.63) is 271 Å². The number of esters is 1. The highest BCUT2D eigenvalue weighted by molar-refractivity contribution is 6.11. The molecule has 0 spiro atoms. The largest absolute Gasteiger partial charge is 0.460 e. The summed E-state index contributed by atoms with van der Waals surface area (Å²) in [5.41, 5.74) is 26.1. The summed E-state index contributed by atoms with van der Waals surface area (Å²) in [4.78, 5) is 37.4. The van der Waals surface area contributed by atoms with E-state index in [9.17, 15) is 25.8 Å². The lowest BCUT2D eigenvalue weighted by Crippen LogP contribution is -2.28. The van der Waals surface area contributed by atoms with Crippen LogP contribution in [0.2, 0.25) is 0 Å². The molecule has 5 heterocycles. The number of nitrogens with zero attached hydrogens (tertiary/aromatic N) is 8. The van der Waals surface area contributed by atoms with Crippen molar-refractivity contribution in [2.75, 3.05) is 43.6 Å². The highest BCUT2D eigenvalue weighted by Crippen LogP contribution is 2.45. The van der Waals surface area contributed by atoms with Crippen LogP contribution in [0.15, 0.2) is 187 Å². The zero-order valence-corrected chi connectivity index (χ0v) is 70.6. The SMILES string of the molecule is CCN(CCOC(=O)c1ccc(C#Cc2ccc(-c3c4nc(c(-c5cc(C(C)(C)C)cc(C(C)(C)C)c5)c5ccc([nH]5)c(-c5cc(C(C)(C)C)cc(C(C)(C)C)c5)c5nc(c(-c6cc(C(C)(C)C)cc(C(C)(C)C)c6)c6ccc3[nH]6)C=C5)C=C4)cc2)cc1)c1ccc(C(=C(C#N)C#N)C(=C(C#N)C#N)c2ccc(N(C)C)cc2)cc1.